The number of aromatic amines is 2. The van der Waals surface area contributed by atoms with Gasteiger partial charge in [-0.15, -0.1) is 0 Å². The predicted molar refractivity (Wildman–Crippen MR) is 529 cm³/mol. The monoisotopic (exact) mass is 1920 g/mol. The number of benzene rings is 1. The highest BCUT2D eigenvalue weighted by atomic mass is 32.2. The number of hydrogen-bond donors (Lipinski definition) is 24. The van der Waals surface area contributed by atoms with Crippen molar-refractivity contribution in [3.63, 3.8) is 0 Å². The number of carbonyl (C=O) groups is 12. The minimum Gasteiger partial charge on any atom is -0.506 e. The molecule has 0 saturated heterocycles. The third-order valence-electron chi connectivity index (χ3n) is 23.2. The van der Waals surface area contributed by atoms with Gasteiger partial charge in [0.1, 0.15) is 60.3 Å². The molecule has 32 N–H and O–H groups in total. The van der Waals surface area contributed by atoms with Crippen LogP contribution in [-0.2, 0) is 70.4 Å². The number of thioether (sulfide) groups is 1. The predicted octanol–water partition coefficient (Wildman–Crippen LogP) is 3.43. The minimum atomic E-state index is -1.75. The Labute approximate surface area is 799 Å². The van der Waals surface area contributed by atoms with Crippen molar-refractivity contribution < 1.29 is 72.9 Å². The molecule has 10 amide bonds. The van der Waals surface area contributed by atoms with Crippen LogP contribution in [0.3, 0.4) is 0 Å². The number of ketones is 1. The second kappa shape index (κ2) is 67.7. The summed E-state index contributed by atoms with van der Waals surface area (Å²) in [6.45, 7) is 14.4. The molecule has 134 heavy (non-hydrogen) atoms. The summed E-state index contributed by atoms with van der Waals surface area (Å²) in [7, 11) is 1.97. The third-order valence-corrected chi connectivity index (χ3v) is 24.1. The van der Waals surface area contributed by atoms with Crippen LogP contribution >= 0.6 is 21.0 Å². The van der Waals surface area contributed by atoms with Crippen molar-refractivity contribution in [2.45, 2.75) is 352 Å². The fourth-order valence-corrected chi connectivity index (χ4v) is 16.5. The summed E-state index contributed by atoms with van der Waals surface area (Å²) >= 11 is 1.39. The number of nitrogens with one attached hydrogen (secondary N) is 13. The van der Waals surface area contributed by atoms with Crippen molar-refractivity contribution in [1.82, 2.24) is 73.4 Å². The zero-order chi connectivity index (χ0) is 99.6. The molecule has 1 aromatic carbocycles. The summed E-state index contributed by atoms with van der Waals surface area (Å²) in [5, 5.41) is 67.6. The first-order valence-electron chi connectivity index (χ1n) is 48.2. The summed E-state index contributed by atoms with van der Waals surface area (Å²) in [5.41, 5.74) is 48.8. The Morgan fingerprint density at radius 3 is 1.49 bits per heavy atom. The van der Waals surface area contributed by atoms with Gasteiger partial charge in [0.25, 0.3) is 0 Å². The summed E-state index contributed by atoms with van der Waals surface area (Å²) in [6, 6.07) is -6.79. The standard InChI is InChI=1S/C93H165N24O15PS/c1-10-11-12-13-14-15-16-17-18-19-20-21-22-36-76(120)108-67(33-24-27-43-95)84(125)111-68(34-25-28-44-96)85(126)115-73(49-58(4)5)87(128)112-69(35-30-46-104-93(100)101)86(127)117-75(55-118)90(131)107-63(41-47-134-9)54-105-79(60(8)119)91(132)116-74(52-77(121)133)89(130)110-66(32-23-26-42-94)80-78(81(122)70(109-80)50-61-37-39-62(40-38-61)59(6)7)65(31-29-45-103-92(98)99)83(124)114-72(48-57(2)3)88(129)113-71(82(97)123)51-64-53-102-56-106-64/h37-40,53,56-59,63,65-69,71-75,79,83,105,109,114,118,122,124H,10-36,41-52,54-55,94-96,133H2,1-9H3,(H2,97,123)(H,102,106)(H,107,131)(H,108,120)(H,110,130)(H,111,125)(H,112,128)(H,113,129)(H,115,126)(H,116,132)(H,117,127)(H4,98,99,103)(H4,100,101,104). The molecule has 41 heteroatoms. The number of hydrogen-bond acceptors (Lipinski definition) is 24. The topological polar surface area (TPSA) is 675 Å². The lowest BCUT2D eigenvalue weighted by atomic mass is 9.87. The highest BCUT2D eigenvalue weighted by Crippen LogP contribution is 2.42. The van der Waals surface area contributed by atoms with Gasteiger partial charge in [-0.1, -0.05) is 159 Å². The molecule has 0 radical (unpaired) electrons. The third kappa shape index (κ3) is 47.9. The quantitative estimate of drug-likeness (QED) is 0.00961. The molecular weight excluding hydrogens is 1760 g/mol. The molecular formula is C93H165N24O15PS. The number of unbranched alkanes of at least 4 members (excludes halogenated alkanes) is 15. The van der Waals surface area contributed by atoms with Crippen molar-refractivity contribution in [1.29, 1.82) is 0 Å². The van der Waals surface area contributed by atoms with E-state index < -0.39 is 156 Å². The number of aromatic nitrogens is 3. The van der Waals surface area contributed by atoms with Gasteiger partial charge in [0, 0.05) is 80.4 Å². The van der Waals surface area contributed by atoms with Crippen molar-refractivity contribution in [2.24, 2.45) is 67.7 Å². The molecule has 758 valence electrons. The second-order valence-corrected chi connectivity index (χ2v) is 37.8. The molecule has 3 aromatic rings. The van der Waals surface area contributed by atoms with Gasteiger partial charge in [0.15, 0.2) is 23.2 Å². The fourth-order valence-electron chi connectivity index (χ4n) is 15.8. The van der Waals surface area contributed by atoms with Crippen LogP contribution in [0.25, 0.3) is 0 Å². The van der Waals surface area contributed by atoms with E-state index >= 15 is 4.79 Å². The van der Waals surface area contributed by atoms with Gasteiger partial charge < -0.3 is 119 Å². The van der Waals surface area contributed by atoms with Crippen LogP contribution in [0.5, 0.6) is 5.75 Å². The van der Waals surface area contributed by atoms with Crippen molar-refractivity contribution >= 4 is 103 Å². The Bertz CT molecular complexity index is 4040. The molecule has 0 aliphatic rings. The minimum absolute atomic E-state index is 0.00301. The van der Waals surface area contributed by atoms with Crippen molar-refractivity contribution in [3.05, 3.63) is 70.6 Å². The van der Waals surface area contributed by atoms with Gasteiger partial charge in [-0.3, -0.25) is 78.2 Å². The number of primary amides is 1. The molecule has 0 fully saturated rings. The molecule has 3 rings (SSSR count). The maximum Gasteiger partial charge on any atom is 0.245 e. The lowest BCUT2D eigenvalue weighted by Gasteiger charge is -2.31. The molecule has 14 atom stereocenters. The smallest absolute Gasteiger partial charge is 0.245 e. The summed E-state index contributed by atoms with van der Waals surface area (Å²) in [5.74, 6) is -10.3. The number of H-pyrrole nitrogens is 2. The van der Waals surface area contributed by atoms with Crippen LogP contribution in [0.2, 0.25) is 0 Å². The zero-order valence-electron chi connectivity index (χ0n) is 80.9. The molecule has 0 saturated carbocycles. The number of imidazole rings is 1. The van der Waals surface area contributed by atoms with E-state index in [2.05, 4.69) is 90.3 Å². The Kier molecular flexibility index (Phi) is 60.0. The Morgan fingerprint density at radius 1 is 0.530 bits per heavy atom. The molecule has 0 aliphatic carbocycles. The summed E-state index contributed by atoms with van der Waals surface area (Å²) < 4.78 is 0. The number of Topliss-reactive ketones (excluding diaryl/α,β-unsaturated/α-hetero) is 1. The first kappa shape index (κ1) is 119. The van der Waals surface area contributed by atoms with Crippen LogP contribution in [0.1, 0.15) is 306 Å². The first-order chi connectivity index (χ1) is 63.9. The lowest BCUT2D eigenvalue weighted by Crippen LogP contribution is -2.60. The van der Waals surface area contributed by atoms with E-state index in [0.29, 0.717) is 62.9 Å². The lowest BCUT2D eigenvalue weighted by molar-refractivity contribution is -0.136. The van der Waals surface area contributed by atoms with Gasteiger partial charge in [-0.2, -0.15) is 11.8 Å². The molecule has 14 unspecified atom stereocenters. The highest BCUT2D eigenvalue weighted by Gasteiger charge is 2.40. The molecule has 0 aliphatic heterocycles. The van der Waals surface area contributed by atoms with Gasteiger partial charge in [-0.05, 0) is 177 Å². The normalized spacial score (nSPS) is 14.4. The Balaban J connectivity index is 2.02. The van der Waals surface area contributed by atoms with E-state index in [1.165, 1.54) is 75.7 Å². The van der Waals surface area contributed by atoms with E-state index in [0.717, 1.165) is 43.7 Å². The molecule has 0 bridgehead atoms. The van der Waals surface area contributed by atoms with Gasteiger partial charge in [-0.25, -0.2) is 4.98 Å². The number of aliphatic hydroxyl groups excluding tert-OH is 2. The van der Waals surface area contributed by atoms with Gasteiger partial charge in [0.05, 0.1) is 30.7 Å². The largest absolute Gasteiger partial charge is 0.506 e. The first-order valence-corrected chi connectivity index (χ1v) is 50.2. The number of aromatic hydroxyl groups is 1. The fraction of sp³-hybridized carbons (Fsp3) is 0.710. The van der Waals surface area contributed by atoms with E-state index in [1.54, 1.807) is 6.26 Å². The second-order valence-electron chi connectivity index (χ2n) is 36.1. The van der Waals surface area contributed by atoms with Crippen LogP contribution in [0, 0.1) is 11.8 Å². The van der Waals surface area contributed by atoms with E-state index in [4.69, 9.17) is 45.9 Å². The number of aliphatic hydroxyl groups is 2. The molecule has 2 heterocycles. The highest BCUT2D eigenvalue weighted by molar-refractivity contribution is 7.98. The van der Waals surface area contributed by atoms with Gasteiger partial charge >= 0.3 is 0 Å². The van der Waals surface area contributed by atoms with E-state index in [-0.39, 0.29) is 174 Å². The average molecular weight is 1920 g/mol. The zero-order valence-corrected chi connectivity index (χ0v) is 82.9. The number of nitrogens with zero attached hydrogens (tertiary/aromatic N) is 3. The van der Waals surface area contributed by atoms with Crippen LogP contribution < -0.4 is 104 Å². The average Bonchev–Trinajstić information content (AvgIpc) is 1.62. The van der Waals surface area contributed by atoms with E-state index in [1.807, 2.05) is 75.0 Å². The van der Waals surface area contributed by atoms with Crippen LogP contribution in [0.4, 0.5) is 0 Å². The van der Waals surface area contributed by atoms with E-state index in [9.17, 15) is 68.1 Å². The number of amides is 10. The number of aliphatic imine (C=N–C) groups is 2. The van der Waals surface area contributed by atoms with Gasteiger partial charge in [0.2, 0.25) is 59.1 Å². The Hall–Kier alpha value is -9.41. The van der Waals surface area contributed by atoms with Crippen molar-refractivity contribution in [3.8, 4) is 5.75 Å². The maximum atomic E-state index is 15.3. The van der Waals surface area contributed by atoms with Crippen molar-refractivity contribution in [2.75, 3.05) is 57.9 Å². The SMILES string of the molecule is CCCCCCCCCCCCCCCC(=O)NC(CCCCN)C(=O)NC(CCCCN)C(=O)NC(CC(C)C)C(=O)NC(CCCN=C(N)N)C(=O)NC(CO)C(=O)NC(CCSC)CNC(C(C)=O)C(=O)NC(CC(=O)P)C(=O)NC(CCCCN)c1[nH]c(Cc2ccc(C(C)C)cc2)c(O)c1C(CCCN=C(N)N)C(O)NC(CC(C)C)C(=O)NC(Cc1cnc[nH]1)C(N)=O. The molecule has 39 nitrogen and oxygen atoms in total. The number of rotatable bonds is 76. The molecule has 0 spiro atoms. The summed E-state index contributed by atoms with van der Waals surface area (Å²) in [6.07, 6.45) is 21.3. The van der Waals surface area contributed by atoms with Crippen LogP contribution in [-0.4, -0.2) is 237 Å². The number of nitrogens with two attached hydrogens (primary N) is 8. The van der Waals surface area contributed by atoms with Crippen LogP contribution in [0.15, 0.2) is 46.8 Å². The molecule has 2 aromatic heterocycles. The Morgan fingerprint density at radius 2 is 1.00 bits per heavy atom. The number of carbonyl (C=O) groups excluding carboxylic acids is 12. The maximum absolute atomic E-state index is 15.3. The summed E-state index contributed by atoms with van der Waals surface area (Å²) in [4.78, 5) is 189. The number of guanidine groups is 2.